The fourth-order valence-electron chi connectivity index (χ4n) is 2.23. The monoisotopic (exact) mass is 289 g/mol. The maximum Gasteiger partial charge on any atom is 0.208 e. The molecule has 20 heavy (non-hydrogen) atoms. The van der Waals surface area contributed by atoms with Crippen LogP contribution in [0.4, 0.5) is 5.13 Å². The maximum atomic E-state index is 9.98. The van der Waals surface area contributed by atoms with Crippen LogP contribution in [0.25, 0.3) is 0 Å². The normalized spacial score (nSPS) is 16.1. The quantitative estimate of drug-likeness (QED) is 0.887. The molecule has 0 radical (unpaired) electrons. The van der Waals surface area contributed by atoms with Crippen LogP contribution in [0.2, 0.25) is 0 Å². The van der Waals surface area contributed by atoms with E-state index in [0.717, 1.165) is 29.4 Å². The van der Waals surface area contributed by atoms with Crippen LogP contribution in [0.5, 0.6) is 0 Å². The van der Waals surface area contributed by atoms with E-state index in [1.807, 2.05) is 30.1 Å². The first-order chi connectivity index (χ1) is 9.72. The lowest BCUT2D eigenvalue weighted by molar-refractivity contribution is 0.158. The van der Waals surface area contributed by atoms with Crippen LogP contribution >= 0.6 is 11.3 Å². The van der Waals surface area contributed by atoms with Crippen LogP contribution in [-0.2, 0) is 6.42 Å². The summed E-state index contributed by atoms with van der Waals surface area (Å²) in [5, 5.41) is 20.3. The van der Waals surface area contributed by atoms with Crippen LogP contribution in [-0.4, -0.2) is 35.0 Å². The summed E-state index contributed by atoms with van der Waals surface area (Å²) in [6, 6.07) is 10.3. The molecule has 1 N–H and O–H groups in total. The van der Waals surface area contributed by atoms with Gasteiger partial charge in [0.25, 0.3) is 0 Å². The van der Waals surface area contributed by atoms with Gasteiger partial charge in [0.05, 0.1) is 6.10 Å². The summed E-state index contributed by atoms with van der Waals surface area (Å²) in [7, 11) is 1.97. The predicted octanol–water partition coefficient (Wildman–Crippen LogP) is 2.34. The van der Waals surface area contributed by atoms with Gasteiger partial charge in [-0.25, -0.2) is 0 Å². The zero-order valence-electron chi connectivity index (χ0n) is 11.6. The smallest absolute Gasteiger partial charge is 0.208 e. The minimum atomic E-state index is -0.235. The third-order valence-corrected chi connectivity index (χ3v) is 4.65. The zero-order valence-corrected chi connectivity index (χ0v) is 12.4. The Morgan fingerprint density at radius 3 is 2.75 bits per heavy atom. The van der Waals surface area contributed by atoms with Crippen molar-refractivity contribution in [3.8, 4) is 0 Å². The Bertz CT molecular complexity index is 553. The fourth-order valence-corrected chi connectivity index (χ4v) is 3.07. The molecular weight excluding hydrogens is 270 g/mol. The van der Waals surface area contributed by atoms with Crippen molar-refractivity contribution in [3.05, 3.63) is 40.9 Å². The minimum absolute atomic E-state index is 0.235. The molecule has 1 unspecified atom stereocenters. The lowest BCUT2D eigenvalue weighted by Crippen LogP contribution is -2.30. The van der Waals surface area contributed by atoms with Gasteiger partial charge >= 0.3 is 0 Å². The summed E-state index contributed by atoms with van der Waals surface area (Å²) in [4.78, 5) is 2.01. The summed E-state index contributed by atoms with van der Waals surface area (Å²) in [6.45, 7) is 0.643. The Morgan fingerprint density at radius 2 is 2.05 bits per heavy atom. The van der Waals surface area contributed by atoms with Gasteiger partial charge in [0.2, 0.25) is 5.13 Å². The first-order valence-electron chi connectivity index (χ1n) is 6.98. The van der Waals surface area contributed by atoms with E-state index < -0.39 is 0 Å². The third kappa shape index (κ3) is 3.35. The molecule has 1 aromatic carbocycles. The average Bonchev–Trinajstić information content (AvgIpc) is 3.20. The molecule has 2 aromatic rings. The summed E-state index contributed by atoms with van der Waals surface area (Å²) >= 11 is 1.60. The van der Waals surface area contributed by atoms with E-state index in [-0.39, 0.29) is 6.10 Å². The predicted molar refractivity (Wildman–Crippen MR) is 81.2 cm³/mol. The largest absolute Gasteiger partial charge is 0.391 e. The van der Waals surface area contributed by atoms with Gasteiger partial charge in [-0.05, 0) is 24.3 Å². The second-order valence-electron chi connectivity index (χ2n) is 5.43. The SMILES string of the molecule is CN(CC(O)C1CC1)c1nnc(Cc2ccccc2)s1. The van der Waals surface area contributed by atoms with Gasteiger partial charge in [-0.1, -0.05) is 41.7 Å². The van der Waals surface area contributed by atoms with E-state index in [9.17, 15) is 5.11 Å². The second-order valence-corrected chi connectivity index (χ2v) is 6.47. The van der Waals surface area contributed by atoms with Crippen LogP contribution < -0.4 is 4.90 Å². The highest BCUT2D eigenvalue weighted by Gasteiger charge is 2.30. The first-order valence-corrected chi connectivity index (χ1v) is 7.79. The molecule has 1 saturated carbocycles. The molecule has 4 nitrogen and oxygen atoms in total. The van der Waals surface area contributed by atoms with Crippen molar-refractivity contribution in [2.75, 3.05) is 18.5 Å². The molecule has 5 heteroatoms. The molecule has 1 atom stereocenters. The molecule has 1 aromatic heterocycles. The van der Waals surface area contributed by atoms with Crippen molar-refractivity contribution in [2.24, 2.45) is 5.92 Å². The molecule has 0 aliphatic heterocycles. The Balaban J connectivity index is 1.61. The summed E-state index contributed by atoms with van der Waals surface area (Å²) < 4.78 is 0. The van der Waals surface area contributed by atoms with Gasteiger partial charge in [0.15, 0.2) is 0 Å². The van der Waals surface area contributed by atoms with Crippen molar-refractivity contribution in [2.45, 2.75) is 25.4 Å². The molecule has 1 heterocycles. The van der Waals surface area contributed by atoms with Gasteiger partial charge in [-0.15, -0.1) is 10.2 Å². The van der Waals surface area contributed by atoms with E-state index in [1.165, 1.54) is 5.56 Å². The molecule has 1 aliphatic rings. The number of aliphatic hydroxyl groups is 1. The van der Waals surface area contributed by atoms with Crippen molar-refractivity contribution in [3.63, 3.8) is 0 Å². The highest BCUT2D eigenvalue weighted by molar-refractivity contribution is 7.15. The highest BCUT2D eigenvalue weighted by atomic mass is 32.1. The van der Waals surface area contributed by atoms with Gasteiger partial charge in [-0.3, -0.25) is 0 Å². The molecule has 0 saturated heterocycles. The van der Waals surface area contributed by atoms with Crippen LogP contribution in [0.15, 0.2) is 30.3 Å². The number of nitrogens with zero attached hydrogens (tertiary/aromatic N) is 3. The van der Waals surface area contributed by atoms with Crippen molar-refractivity contribution < 1.29 is 5.11 Å². The number of anilines is 1. The van der Waals surface area contributed by atoms with E-state index in [1.54, 1.807) is 11.3 Å². The molecule has 3 rings (SSSR count). The Labute approximate surface area is 123 Å². The lowest BCUT2D eigenvalue weighted by Gasteiger charge is -2.18. The highest BCUT2D eigenvalue weighted by Crippen LogP contribution is 2.33. The number of rotatable bonds is 6. The average molecular weight is 289 g/mol. The van der Waals surface area contributed by atoms with E-state index in [2.05, 4.69) is 22.3 Å². The van der Waals surface area contributed by atoms with Crippen molar-refractivity contribution in [1.29, 1.82) is 0 Å². The zero-order chi connectivity index (χ0) is 13.9. The summed E-state index contributed by atoms with van der Waals surface area (Å²) in [5.74, 6) is 0.495. The molecule has 1 fully saturated rings. The van der Waals surface area contributed by atoms with Gasteiger partial charge in [0.1, 0.15) is 5.01 Å². The number of aromatic nitrogens is 2. The molecular formula is C15H19N3OS. The number of hydrogen-bond donors (Lipinski definition) is 1. The number of likely N-dealkylation sites (N-methyl/N-ethyl adjacent to an activating group) is 1. The Hall–Kier alpha value is -1.46. The van der Waals surface area contributed by atoms with Crippen LogP contribution in [0.3, 0.4) is 0 Å². The standard InChI is InChI=1S/C15H19N3OS/c1-18(10-13(19)12-7-8-12)15-17-16-14(20-15)9-11-5-3-2-4-6-11/h2-6,12-13,19H,7-10H2,1H3. The maximum absolute atomic E-state index is 9.98. The molecule has 0 bridgehead atoms. The summed E-state index contributed by atoms with van der Waals surface area (Å²) in [5.41, 5.74) is 1.25. The van der Waals surface area contributed by atoms with Gasteiger partial charge < -0.3 is 10.0 Å². The molecule has 1 aliphatic carbocycles. The second kappa shape index (κ2) is 5.89. The van der Waals surface area contributed by atoms with Crippen molar-refractivity contribution >= 4 is 16.5 Å². The Morgan fingerprint density at radius 1 is 1.30 bits per heavy atom. The topological polar surface area (TPSA) is 49.2 Å². The van der Waals surface area contributed by atoms with E-state index >= 15 is 0 Å². The number of hydrogen-bond acceptors (Lipinski definition) is 5. The number of aliphatic hydroxyl groups excluding tert-OH is 1. The third-order valence-electron chi connectivity index (χ3n) is 3.61. The molecule has 106 valence electrons. The minimum Gasteiger partial charge on any atom is -0.391 e. The van der Waals surface area contributed by atoms with Crippen LogP contribution in [0.1, 0.15) is 23.4 Å². The Kier molecular flexibility index (Phi) is 3.98. The fraction of sp³-hybridized carbons (Fsp3) is 0.467. The summed E-state index contributed by atoms with van der Waals surface area (Å²) in [6.07, 6.45) is 2.90. The van der Waals surface area contributed by atoms with Crippen LogP contribution in [0, 0.1) is 5.92 Å². The lowest BCUT2D eigenvalue weighted by atomic mass is 10.2. The molecule has 0 spiro atoms. The van der Waals surface area contributed by atoms with E-state index in [0.29, 0.717) is 12.5 Å². The number of benzene rings is 1. The van der Waals surface area contributed by atoms with Gasteiger partial charge in [-0.2, -0.15) is 0 Å². The van der Waals surface area contributed by atoms with Gasteiger partial charge in [0, 0.05) is 20.0 Å². The van der Waals surface area contributed by atoms with E-state index in [4.69, 9.17) is 0 Å². The molecule has 0 amide bonds. The first kappa shape index (κ1) is 13.5. The van der Waals surface area contributed by atoms with Crippen molar-refractivity contribution in [1.82, 2.24) is 10.2 Å².